The number of carbonyl (C=O) groups is 2. The van der Waals surface area contributed by atoms with Crippen molar-refractivity contribution in [2.75, 3.05) is 31.1 Å². The molecule has 0 unspecified atom stereocenters. The van der Waals surface area contributed by atoms with Crippen LogP contribution in [0.2, 0.25) is 0 Å². The second-order valence-corrected chi connectivity index (χ2v) is 5.50. The molecule has 140 valence electrons. The Kier molecular flexibility index (Phi) is 5.54. The number of halogens is 3. The molecule has 2 rings (SSSR count). The van der Waals surface area contributed by atoms with Crippen molar-refractivity contribution in [1.29, 1.82) is 5.26 Å². The molecule has 1 fully saturated rings. The number of piperazine rings is 1. The summed E-state index contributed by atoms with van der Waals surface area (Å²) in [5.41, 5.74) is -2.03. The van der Waals surface area contributed by atoms with Gasteiger partial charge in [-0.05, 0) is 0 Å². The second kappa shape index (κ2) is 7.47. The molecule has 1 aromatic rings. The van der Waals surface area contributed by atoms with Crippen molar-refractivity contribution in [3.63, 3.8) is 0 Å². The molecule has 0 atom stereocenters. The highest BCUT2D eigenvalue weighted by Crippen LogP contribution is 2.36. The number of hydrogen-bond donors (Lipinski definition) is 1. The maximum atomic E-state index is 13.1. The van der Waals surface area contributed by atoms with E-state index in [1.54, 1.807) is 4.90 Å². The Morgan fingerprint density at radius 1 is 1.35 bits per heavy atom. The van der Waals surface area contributed by atoms with Crippen LogP contribution in [0.25, 0.3) is 0 Å². The van der Waals surface area contributed by atoms with Crippen LogP contribution in [0, 0.1) is 11.3 Å². The molecule has 2 heterocycles. The van der Waals surface area contributed by atoms with Crippen molar-refractivity contribution in [3.05, 3.63) is 22.9 Å². The molecule has 1 aromatic heterocycles. The average molecular weight is 372 g/mol. The summed E-state index contributed by atoms with van der Waals surface area (Å²) < 4.78 is 44.2. The number of aromatic nitrogens is 1. The number of rotatable bonds is 3. The molecule has 0 saturated carbocycles. The van der Waals surface area contributed by atoms with Crippen molar-refractivity contribution in [2.45, 2.75) is 19.7 Å². The molecule has 26 heavy (non-hydrogen) atoms. The van der Waals surface area contributed by atoms with E-state index in [4.69, 9.17) is 9.84 Å². The smallest absolute Gasteiger partial charge is 0.419 e. The summed E-state index contributed by atoms with van der Waals surface area (Å²) in [5, 5.41) is 18.2. The molecule has 0 aromatic carbocycles. The maximum absolute atomic E-state index is 13.1. The van der Waals surface area contributed by atoms with Crippen molar-refractivity contribution in [3.8, 4) is 6.07 Å². The molecule has 11 heteroatoms. The van der Waals surface area contributed by atoms with Crippen molar-refractivity contribution >= 4 is 17.9 Å². The van der Waals surface area contributed by atoms with Gasteiger partial charge in [0.15, 0.2) is 0 Å². The number of ether oxygens (including phenoxy) is 1. The van der Waals surface area contributed by atoms with Crippen LogP contribution in [-0.2, 0) is 22.3 Å². The first kappa shape index (κ1) is 19.3. The highest BCUT2D eigenvalue weighted by Gasteiger charge is 2.37. The number of amides is 1. The van der Waals surface area contributed by atoms with Gasteiger partial charge in [-0.15, -0.1) is 0 Å². The van der Waals surface area contributed by atoms with E-state index in [0.717, 1.165) is 11.8 Å². The predicted octanol–water partition coefficient (Wildman–Crippen LogP) is 1.84. The van der Waals surface area contributed by atoms with Crippen LogP contribution in [0.15, 0.2) is 6.20 Å². The number of carboxylic acid groups (broad SMARTS) is 1. The lowest BCUT2D eigenvalue weighted by Crippen LogP contribution is -2.49. The van der Waals surface area contributed by atoms with Gasteiger partial charge in [0.2, 0.25) is 0 Å². The van der Waals surface area contributed by atoms with Crippen LogP contribution < -0.4 is 4.90 Å². The standard InChI is InChI=1S/C15H15F3N4O4/c1-9(23)26-8-11-10(6-19)12(15(16,17)18)7-20-13(11)21-2-4-22(5-3-21)14(24)25/h7H,2-5,8H2,1H3,(H,24,25). The summed E-state index contributed by atoms with van der Waals surface area (Å²) in [6, 6.07) is 1.52. The SMILES string of the molecule is CC(=O)OCc1c(N2CCN(C(=O)O)CC2)ncc(C(F)(F)F)c1C#N. The molecule has 8 nitrogen and oxygen atoms in total. The van der Waals surface area contributed by atoms with Gasteiger partial charge in [0.1, 0.15) is 18.5 Å². The topological polar surface area (TPSA) is 107 Å². The van der Waals surface area contributed by atoms with E-state index in [1.165, 1.54) is 6.07 Å². The largest absolute Gasteiger partial charge is 0.465 e. The minimum atomic E-state index is -4.79. The molecular weight excluding hydrogens is 357 g/mol. The highest BCUT2D eigenvalue weighted by molar-refractivity contribution is 5.67. The van der Waals surface area contributed by atoms with Crippen molar-refractivity contribution in [2.24, 2.45) is 0 Å². The number of alkyl halides is 3. The Bertz CT molecular complexity index is 752. The third-order valence-electron chi connectivity index (χ3n) is 3.84. The van der Waals surface area contributed by atoms with Crippen LogP contribution in [0.3, 0.4) is 0 Å². The molecule has 0 radical (unpaired) electrons. The quantitative estimate of drug-likeness (QED) is 0.807. The van der Waals surface area contributed by atoms with E-state index in [9.17, 15) is 28.0 Å². The summed E-state index contributed by atoms with van der Waals surface area (Å²) in [6.45, 7) is 1.19. The average Bonchev–Trinajstić information content (AvgIpc) is 2.58. The number of nitriles is 1. The van der Waals surface area contributed by atoms with Crippen LogP contribution in [0.5, 0.6) is 0 Å². The van der Waals surface area contributed by atoms with Gasteiger partial charge in [-0.25, -0.2) is 9.78 Å². The van der Waals surface area contributed by atoms with Crippen LogP contribution in [0.1, 0.15) is 23.6 Å². The Hall–Kier alpha value is -3.03. The Balaban J connectivity index is 2.44. The van der Waals surface area contributed by atoms with Crippen LogP contribution in [-0.4, -0.2) is 53.2 Å². The van der Waals surface area contributed by atoms with Gasteiger partial charge in [-0.2, -0.15) is 18.4 Å². The number of hydrogen-bond acceptors (Lipinski definition) is 6. The molecule has 1 N–H and O–H groups in total. The van der Waals surface area contributed by atoms with Gasteiger partial charge >= 0.3 is 18.2 Å². The first-order chi connectivity index (χ1) is 12.1. The minimum Gasteiger partial charge on any atom is -0.465 e. The summed E-state index contributed by atoms with van der Waals surface area (Å²) >= 11 is 0. The number of pyridine rings is 1. The fraction of sp³-hybridized carbons (Fsp3) is 0.467. The molecule has 1 aliphatic heterocycles. The lowest BCUT2D eigenvalue weighted by Gasteiger charge is -2.35. The Labute approximate surface area is 146 Å². The second-order valence-electron chi connectivity index (χ2n) is 5.50. The third kappa shape index (κ3) is 4.14. The zero-order chi connectivity index (χ0) is 19.5. The molecular formula is C15H15F3N4O4. The Morgan fingerprint density at radius 2 is 1.96 bits per heavy atom. The van der Waals surface area contributed by atoms with E-state index in [-0.39, 0.29) is 37.6 Å². The monoisotopic (exact) mass is 372 g/mol. The summed E-state index contributed by atoms with van der Waals surface area (Å²) in [6.07, 6.45) is -5.32. The van der Waals surface area contributed by atoms with E-state index >= 15 is 0 Å². The van der Waals surface area contributed by atoms with E-state index in [0.29, 0.717) is 6.20 Å². The first-order valence-electron chi connectivity index (χ1n) is 7.50. The van der Waals surface area contributed by atoms with Gasteiger partial charge < -0.3 is 19.6 Å². The maximum Gasteiger partial charge on any atom is 0.419 e. The normalized spacial score (nSPS) is 14.7. The van der Waals surface area contributed by atoms with Gasteiger partial charge in [0, 0.05) is 39.3 Å². The first-order valence-corrected chi connectivity index (χ1v) is 7.50. The van der Waals surface area contributed by atoms with Crippen molar-refractivity contribution in [1.82, 2.24) is 9.88 Å². The molecule has 1 aliphatic rings. The Morgan fingerprint density at radius 3 is 2.42 bits per heavy atom. The van der Waals surface area contributed by atoms with E-state index in [2.05, 4.69) is 4.98 Å². The zero-order valence-electron chi connectivity index (χ0n) is 13.7. The van der Waals surface area contributed by atoms with Crippen molar-refractivity contribution < 1.29 is 32.6 Å². The molecule has 0 aliphatic carbocycles. The highest BCUT2D eigenvalue weighted by atomic mass is 19.4. The predicted molar refractivity (Wildman–Crippen MR) is 81.2 cm³/mol. The van der Waals surface area contributed by atoms with Crippen LogP contribution >= 0.6 is 0 Å². The minimum absolute atomic E-state index is 0.0702. The summed E-state index contributed by atoms with van der Waals surface area (Å²) in [5.74, 6) is -0.645. The lowest BCUT2D eigenvalue weighted by atomic mass is 10.0. The number of anilines is 1. The van der Waals surface area contributed by atoms with Gasteiger partial charge in [-0.1, -0.05) is 0 Å². The van der Waals surface area contributed by atoms with Crippen LogP contribution in [0.4, 0.5) is 23.8 Å². The van der Waals surface area contributed by atoms with E-state index in [1.807, 2.05) is 0 Å². The molecule has 1 amide bonds. The summed E-state index contributed by atoms with van der Waals surface area (Å²) in [7, 11) is 0. The fourth-order valence-corrected chi connectivity index (χ4v) is 2.58. The zero-order valence-corrected chi connectivity index (χ0v) is 13.7. The summed E-state index contributed by atoms with van der Waals surface area (Å²) in [4.78, 5) is 28.6. The third-order valence-corrected chi connectivity index (χ3v) is 3.84. The molecule has 0 bridgehead atoms. The number of nitrogens with zero attached hydrogens (tertiary/aromatic N) is 4. The molecule has 0 spiro atoms. The number of carbonyl (C=O) groups excluding carboxylic acids is 1. The van der Waals surface area contributed by atoms with Gasteiger partial charge in [0.05, 0.1) is 16.7 Å². The molecule has 1 saturated heterocycles. The number of esters is 1. The fourth-order valence-electron chi connectivity index (χ4n) is 2.58. The lowest BCUT2D eigenvalue weighted by molar-refractivity contribution is -0.142. The van der Waals surface area contributed by atoms with E-state index < -0.39 is 36.0 Å². The van der Waals surface area contributed by atoms with Gasteiger partial charge in [0.25, 0.3) is 0 Å². The van der Waals surface area contributed by atoms with Gasteiger partial charge in [-0.3, -0.25) is 4.79 Å².